The number of rotatable bonds is 6. The molecule has 1 aromatic rings. The van der Waals surface area contributed by atoms with Crippen molar-refractivity contribution in [2.24, 2.45) is 11.8 Å². The first kappa shape index (κ1) is 15.6. The largest absolute Gasteiger partial charge is 0.314 e. The van der Waals surface area contributed by atoms with Crippen molar-refractivity contribution < 1.29 is 4.39 Å². The summed E-state index contributed by atoms with van der Waals surface area (Å²) >= 11 is 3.49. The third kappa shape index (κ3) is 5.07. The molecule has 1 N–H and O–H groups in total. The van der Waals surface area contributed by atoms with Gasteiger partial charge in [0.25, 0.3) is 0 Å². The number of hydrogen-bond donors (Lipinski definition) is 1. The minimum Gasteiger partial charge on any atom is -0.314 e. The van der Waals surface area contributed by atoms with Gasteiger partial charge in [-0.1, -0.05) is 43.6 Å². The Morgan fingerprint density at radius 1 is 1.17 bits per heavy atom. The molecular formula is C15H23BrFN. The van der Waals surface area contributed by atoms with Crippen LogP contribution in [0.15, 0.2) is 22.7 Å². The fraction of sp³-hybridized carbons (Fsp3) is 0.600. The standard InChI is InChI=1S/C15H23BrFN/c1-10(2)18-9-12(4)11(3)7-13-8-14(17)5-6-15(13)16/h5-6,8,10-12,18H,7,9H2,1-4H3. The van der Waals surface area contributed by atoms with Gasteiger partial charge in [-0.15, -0.1) is 0 Å². The first-order valence-corrected chi connectivity index (χ1v) is 7.36. The molecule has 0 aliphatic carbocycles. The van der Waals surface area contributed by atoms with Crippen molar-refractivity contribution in [2.45, 2.75) is 40.2 Å². The summed E-state index contributed by atoms with van der Waals surface area (Å²) in [6.07, 6.45) is 0.902. The van der Waals surface area contributed by atoms with E-state index in [1.54, 1.807) is 12.1 Å². The molecule has 0 aliphatic heterocycles. The Morgan fingerprint density at radius 3 is 2.44 bits per heavy atom. The van der Waals surface area contributed by atoms with Gasteiger partial charge in [0.1, 0.15) is 5.82 Å². The van der Waals surface area contributed by atoms with E-state index in [1.807, 2.05) is 0 Å². The van der Waals surface area contributed by atoms with Crippen molar-refractivity contribution >= 4 is 15.9 Å². The van der Waals surface area contributed by atoms with Crippen LogP contribution in [0.2, 0.25) is 0 Å². The molecule has 0 aromatic heterocycles. The topological polar surface area (TPSA) is 12.0 Å². The van der Waals surface area contributed by atoms with Crippen LogP contribution in [0.1, 0.15) is 33.3 Å². The average molecular weight is 316 g/mol. The molecule has 1 rings (SSSR count). The highest BCUT2D eigenvalue weighted by atomic mass is 79.9. The fourth-order valence-electron chi connectivity index (χ4n) is 1.87. The smallest absolute Gasteiger partial charge is 0.123 e. The van der Waals surface area contributed by atoms with Gasteiger partial charge >= 0.3 is 0 Å². The SMILES string of the molecule is CC(C)NCC(C)C(C)Cc1cc(F)ccc1Br. The monoisotopic (exact) mass is 315 g/mol. The van der Waals surface area contributed by atoms with E-state index in [2.05, 4.69) is 48.9 Å². The van der Waals surface area contributed by atoms with E-state index in [0.717, 1.165) is 23.0 Å². The molecule has 18 heavy (non-hydrogen) atoms. The van der Waals surface area contributed by atoms with Gasteiger partial charge in [0, 0.05) is 10.5 Å². The second-order valence-corrected chi connectivity index (χ2v) is 6.31. The molecule has 0 saturated carbocycles. The van der Waals surface area contributed by atoms with Gasteiger partial charge in [-0.2, -0.15) is 0 Å². The van der Waals surface area contributed by atoms with E-state index >= 15 is 0 Å². The maximum absolute atomic E-state index is 13.2. The van der Waals surface area contributed by atoms with E-state index in [-0.39, 0.29) is 5.82 Å². The van der Waals surface area contributed by atoms with Gasteiger partial charge in [-0.05, 0) is 48.6 Å². The number of halogens is 2. The first-order chi connectivity index (χ1) is 8.40. The van der Waals surface area contributed by atoms with E-state index in [0.29, 0.717) is 17.9 Å². The minimum atomic E-state index is -0.159. The quantitative estimate of drug-likeness (QED) is 0.820. The summed E-state index contributed by atoms with van der Waals surface area (Å²) in [5.41, 5.74) is 1.05. The highest BCUT2D eigenvalue weighted by molar-refractivity contribution is 9.10. The summed E-state index contributed by atoms with van der Waals surface area (Å²) in [6.45, 7) is 9.78. The van der Waals surface area contributed by atoms with Crippen molar-refractivity contribution in [3.8, 4) is 0 Å². The zero-order chi connectivity index (χ0) is 13.7. The van der Waals surface area contributed by atoms with Crippen LogP contribution >= 0.6 is 15.9 Å². The van der Waals surface area contributed by atoms with Crippen molar-refractivity contribution in [2.75, 3.05) is 6.54 Å². The molecule has 0 fully saturated rings. The Bertz CT molecular complexity index is 379. The van der Waals surface area contributed by atoms with Crippen molar-refractivity contribution in [1.29, 1.82) is 0 Å². The van der Waals surface area contributed by atoms with Gasteiger partial charge in [0.2, 0.25) is 0 Å². The van der Waals surface area contributed by atoms with Crippen molar-refractivity contribution in [3.05, 3.63) is 34.1 Å². The molecule has 0 saturated heterocycles. The molecule has 0 spiro atoms. The van der Waals surface area contributed by atoms with Gasteiger partial charge in [0.05, 0.1) is 0 Å². The van der Waals surface area contributed by atoms with Gasteiger partial charge in [-0.25, -0.2) is 4.39 Å². The molecule has 2 unspecified atom stereocenters. The highest BCUT2D eigenvalue weighted by Crippen LogP contribution is 2.24. The molecule has 1 nitrogen and oxygen atoms in total. The van der Waals surface area contributed by atoms with E-state index < -0.39 is 0 Å². The predicted octanol–water partition coefficient (Wildman–Crippen LogP) is 4.40. The van der Waals surface area contributed by atoms with E-state index in [1.165, 1.54) is 6.07 Å². The Balaban J connectivity index is 2.57. The lowest BCUT2D eigenvalue weighted by Crippen LogP contribution is -2.31. The van der Waals surface area contributed by atoms with Gasteiger partial charge < -0.3 is 5.32 Å². The van der Waals surface area contributed by atoms with Crippen LogP contribution in [-0.4, -0.2) is 12.6 Å². The molecule has 0 heterocycles. The van der Waals surface area contributed by atoms with Crippen LogP contribution in [0.5, 0.6) is 0 Å². The molecule has 0 amide bonds. The molecule has 1 aromatic carbocycles. The predicted molar refractivity (Wildman–Crippen MR) is 79.3 cm³/mol. The third-order valence-electron chi connectivity index (χ3n) is 3.37. The summed E-state index contributed by atoms with van der Waals surface area (Å²) in [6, 6.07) is 5.42. The lowest BCUT2D eigenvalue weighted by molar-refractivity contribution is 0.353. The summed E-state index contributed by atoms with van der Waals surface area (Å²) in [7, 11) is 0. The second-order valence-electron chi connectivity index (χ2n) is 5.46. The fourth-order valence-corrected chi connectivity index (χ4v) is 2.28. The van der Waals surface area contributed by atoms with Crippen molar-refractivity contribution in [1.82, 2.24) is 5.32 Å². The lowest BCUT2D eigenvalue weighted by atomic mass is 9.89. The zero-order valence-corrected chi connectivity index (χ0v) is 13.2. The Labute approximate surface area is 118 Å². The minimum absolute atomic E-state index is 0.159. The van der Waals surface area contributed by atoms with Crippen LogP contribution in [0.4, 0.5) is 4.39 Å². The zero-order valence-electron chi connectivity index (χ0n) is 11.6. The van der Waals surface area contributed by atoms with Crippen LogP contribution < -0.4 is 5.32 Å². The van der Waals surface area contributed by atoms with Crippen molar-refractivity contribution in [3.63, 3.8) is 0 Å². The number of nitrogens with one attached hydrogen (secondary N) is 1. The Kier molecular flexibility index (Phi) is 6.30. The van der Waals surface area contributed by atoms with E-state index in [4.69, 9.17) is 0 Å². The molecule has 102 valence electrons. The number of benzene rings is 1. The van der Waals surface area contributed by atoms with Crippen LogP contribution in [0.3, 0.4) is 0 Å². The lowest BCUT2D eigenvalue weighted by Gasteiger charge is -2.22. The Morgan fingerprint density at radius 2 is 1.83 bits per heavy atom. The molecule has 3 heteroatoms. The maximum atomic E-state index is 13.2. The summed E-state index contributed by atoms with van der Waals surface area (Å²) < 4.78 is 14.2. The average Bonchev–Trinajstić information content (AvgIpc) is 2.30. The molecular weight excluding hydrogens is 293 g/mol. The third-order valence-corrected chi connectivity index (χ3v) is 4.14. The van der Waals surface area contributed by atoms with E-state index in [9.17, 15) is 4.39 Å². The molecule has 0 bridgehead atoms. The van der Waals surface area contributed by atoms with Crippen LogP contribution in [0.25, 0.3) is 0 Å². The normalized spacial score (nSPS) is 14.8. The van der Waals surface area contributed by atoms with Gasteiger partial charge in [0.15, 0.2) is 0 Å². The molecule has 2 atom stereocenters. The molecule has 0 radical (unpaired) electrons. The summed E-state index contributed by atoms with van der Waals surface area (Å²) in [4.78, 5) is 0. The van der Waals surface area contributed by atoms with Gasteiger partial charge in [-0.3, -0.25) is 0 Å². The highest BCUT2D eigenvalue weighted by Gasteiger charge is 2.15. The molecule has 0 aliphatic rings. The van der Waals surface area contributed by atoms with Crippen LogP contribution in [0, 0.1) is 17.7 Å². The second kappa shape index (κ2) is 7.25. The van der Waals surface area contributed by atoms with Crippen LogP contribution in [-0.2, 0) is 6.42 Å². The summed E-state index contributed by atoms with van der Waals surface area (Å²) in [5, 5.41) is 3.45. The Hall–Kier alpha value is -0.410. The number of hydrogen-bond acceptors (Lipinski definition) is 1. The first-order valence-electron chi connectivity index (χ1n) is 6.57. The summed E-state index contributed by atoms with van der Waals surface area (Å²) in [5.74, 6) is 0.935. The maximum Gasteiger partial charge on any atom is 0.123 e.